The SMILES string of the molecule is CC(C)CNCCCC1CCOC2(CCCCC2)C1. The van der Waals surface area contributed by atoms with Crippen molar-refractivity contribution in [1.29, 1.82) is 0 Å². The first-order valence-corrected chi connectivity index (χ1v) is 8.55. The van der Waals surface area contributed by atoms with Crippen LogP contribution in [0.25, 0.3) is 0 Å². The van der Waals surface area contributed by atoms with Gasteiger partial charge in [-0.3, -0.25) is 0 Å². The molecular weight excluding hydrogens is 234 g/mol. The lowest BCUT2D eigenvalue weighted by molar-refractivity contribution is -0.118. The summed E-state index contributed by atoms with van der Waals surface area (Å²) >= 11 is 0. The Hall–Kier alpha value is -0.0800. The molecule has 0 radical (unpaired) electrons. The van der Waals surface area contributed by atoms with E-state index in [-0.39, 0.29) is 0 Å². The van der Waals surface area contributed by atoms with E-state index in [4.69, 9.17) is 4.74 Å². The van der Waals surface area contributed by atoms with Gasteiger partial charge in [0.05, 0.1) is 5.60 Å². The number of hydrogen-bond donors (Lipinski definition) is 1. The molecule has 2 nitrogen and oxygen atoms in total. The summed E-state index contributed by atoms with van der Waals surface area (Å²) in [5.74, 6) is 1.70. The van der Waals surface area contributed by atoms with Crippen LogP contribution < -0.4 is 5.32 Å². The Morgan fingerprint density at radius 1 is 1.21 bits per heavy atom. The fourth-order valence-electron chi connectivity index (χ4n) is 3.83. The summed E-state index contributed by atoms with van der Waals surface area (Å²) in [4.78, 5) is 0. The van der Waals surface area contributed by atoms with E-state index in [2.05, 4.69) is 19.2 Å². The van der Waals surface area contributed by atoms with E-state index < -0.39 is 0 Å². The molecule has 2 rings (SSSR count). The highest BCUT2D eigenvalue weighted by Crippen LogP contribution is 2.41. The van der Waals surface area contributed by atoms with Crippen LogP contribution in [0.1, 0.15) is 71.6 Å². The quantitative estimate of drug-likeness (QED) is 0.730. The van der Waals surface area contributed by atoms with Gasteiger partial charge in [-0.2, -0.15) is 0 Å². The van der Waals surface area contributed by atoms with Crippen LogP contribution in [0.2, 0.25) is 0 Å². The van der Waals surface area contributed by atoms with Crippen molar-refractivity contribution >= 4 is 0 Å². The number of ether oxygens (including phenoxy) is 1. The van der Waals surface area contributed by atoms with Crippen LogP contribution in [0.5, 0.6) is 0 Å². The summed E-state index contributed by atoms with van der Waals surface area (Å²) in [6.07, 6.45) is 12.2. The Bertz CT molecular complexity index is 240. The van der Waals surface area contributed by atoms with Gasteiger partial charge in [0, 0.05) is 6.61 Å². The van der Waals surface area contributed by atoms with E-state index in [0.29, 0.717) is 5.60 Å². The van der Waals surface area contributed by atoms with Crippen LogP contribution in [-0.2, 0) is 4.74 Å². The Morgan fingerprint density at radius 3 is 2.74 bits per heavy atom. The number of nitrogens with one attached hydrogen (secondary N) is 1. The predicted molar refractivity (Wildman–Crippen MR) is 81.4 cm³/mol. The third kappa shape index (κ3) is 5.07. The van der Waals surface area contributed by atoms with Crippen LogP contribution in [0.4, 0.5) is 0 Å². The molecule has 19 heavy (non-hydrogen) atoms. The molecule has 1 saturated carbocycles. The summed E-state index contributed by atoms with van der Waals surface area (Å²) in [5.41, 5.74) is 0.298. The lowest BCUT2D eigenvalue weighted by Gasteiger charge is -2.43. The molecule has 1 aliphatic heterocycles. The van der Waals surface area contributed by atoms with Gasteiger partial charge in [-0.25, -0.2) is 0 Å². The van der Waals surface area contributed by atoms with E-state index in [1.165, 1.54) is 64.3 Å². The molecule has 1 N–H and O–H groups in total. The molecule has 0 bridgehead atoms. The molecule has 2 aliphatic rings. The smallest absolute Gasteiger partial charge is 0.0685 e. The van der Waals surface area contributed by atoms with Gasteiger partial charge in [0.25, 0.3) is 0 Å². The Kier molecular flexibility index (Phi) is 6.15. The minimum atomic E-state index is 0.298. The highest BCUT2D eigenvalue weighted by Gasteiger charge is 2.37. The minimum absolute atomic E-state index is 0.298. The van der Waals surface area contributed by atoms with Gasteiger partial charge < -0.3 is 10.1 Å². The summed E-state index contributed by atoms with van der Waals surface area (Å²) in [7, 11) is 0. The van der Waals surface area contributed by atoms with Crippen molar-refractivity contribution in [2.75, 3.05) is 19.7 Å². The molecule has 0 amide bonds. The first-order valence-electron chi connectivity index (χ1n) is 8.55. The summed E-state index contributed by atoms with van der Waals surface area (Å²) in [6.45, 7) is 7.93. The summed E-state index contributed by atoms with van der Waals surface area (Å²) in [6, 6.07) is 0. The second kappa shape index (κ2) is 7.64. The van der Waals surface area contributed by atoms with Gasteiger partial charge in [0.15, 0.2) is 0 Å². The number of hydrogen-bond acceptors (Lipinski definition) is 2. The van der Waals surface area contributed by atoms with Crippen LogP contribution in [0.15, 0.2) is 0 Å². The molecule has 0 aromatic heterocycles. The van der Waals surface area contributed by atoms with Crippen molar-refractivity contribution in [3.8, 4) is 0 Å². The van der Waals surface area contributed by atoms with Crippen molar-refractivity contribution in [3.63, 3.8) is 0 Å². The fourth-order valence-corrected chi connectivity index (χ4v) is 3.83. The molecule has 1 saturated heterocycles. The molecule has 1 heterocycles. The average Bonchev–Trinajstić information content (AvgIpc) is 2.39. The highest BCUT2D eigenvalue weighted by molar-refractivity contribution is 4.89. The van der Waals surface area contributed by atoms with Crippen LogP contribution in [-0.4, -0.2) is 25.3 Å². The zero-order valence-corrected chi connectivity index (χ0v) is 13.0. The van der Waals surface area contributed by atoms with E-state index in [1.807, 2.05) is 0 Å². The largest absolute Gasteiger partial charge is 0.375 e. The summed E-state index contributed by atoms with van der Waals surface area (Å²) in [5, 5.41) is 3.56. The van der Waals surface area contributed by atoms with Gasteiger partial charge in [0.1, 0.15) is 0 Å². The molecule has 2 heteroatoms. The van der Waals surface area contributed by atoms with Gasteiger partial charge in [-0.1, -0.05) is 33.1 Å². The third-order valence-corrected chi connectivity index (χ3v) is 4.88. The maximum atomic E-state index is 6.18. The average molecular weight is 267 g/mol. The first kappa shape index (κ1) is 15.3. The van der Waals surface area contributed by atoms with Crippen molar-refractivity contribution in [2.24, 2.45) is 11.8 Å². The Labute approximate surface area is 119 Å². The van der Waals surface area contributed by atoms with E-state index in [1.54, 1.807) is 0 Å². The van der Waals surface area contributed by atoms with Gasteiger partial charge >= 0.3 is 0 Å². The second-order valence-corrected chi connectivity index (χ2v) is 7.19. The molecule has 1 spiro atoms. The van der Waals surface area contributed by atoms with Gasteiger partial charge in [0.2, 0.25) is 0 Å². The highest BCUT2D eigenvalue weighted by atomic mass is 16.5. The van der Waals surface area contributed by atoms with Crippen LogP contribution in [0, 0.1) is 11.8 Å². The predicted octanol–water partition coefficient (Wildman–Crippen LogP) is 4.14. The molecule has 2 fully saturated rings. The van der Waals surface area contributed by atoms with Crippen molar-refractivity contribution in [3.05, 3.63) is 0 Å². The van der Waals surface area contributed by atoms with Crippen LogP contribution in [0.3, 0.4) is 0 Å². The van der Waals surface area contributed by atoms with Gasteiger partial charge in [-0.15, -0.1) is 0 Å². The molecule has 1 atom stereocenters. The summed E-state index contributed by atoms with van der Waals surface area (Å²) < 4.78 is 6.18. The maximum absolute atomic E-state index is 6.18. The lowest BCUT2D eigenvalue weighted by Crippen LogP contribution is -2.41. The molecular formula is C17H33NO. The fraction of sp³-hybridized carbons (Fsp3) is 1.00. The van der Waals surface area contributed by atoms with Crippen molar-refractivity contribution in [2.45, 2.75) is 77.2 Å². The van der Waals surface area contributed by atoms with Crippen molar-refractivity contribution in [1.82, 2.24) is 5.32 Å². The van der Waals surface area contributed by atoms with Crippen molar-refractivity contribution < 1.29 is 4.74 Å². The lowest BCUT2D eigenvalue weighted by atomic mass is 9.75. The molecule has 0 aromatic rings. The van der Waals surface area contributed by atoms with Crippen LogP contribution >= 0.6 is 0 Å². The third-order valence-electron chi connectivity index (χ3n) is 4.88. The zero-order valence-electron chi connectivity index (χ0n) is 13.0. The number of rotatable bonds is 6. The first-order chi connectivity index (χ1) is 9.20. The topological polar surface area (TPSA) is 21.3 Å². The normalized spacial score (nSPS) is 27.0. The molecule has 1 unspecified atom stereocenters. The monoisotopic (exact) mass is 267 g/mol. The Morgan fingerprint density at radius 2 is 2.00 bits per heavy atom. The second-order valence-electron chi connectivity index (χ2n) is 7.19. The van der Waals surface area contributed by atoms with E-state index in [0.717, 1.165) is 25.0 Å². The van der Waals surface area contributed by atoms with E-state index >= 15 is 0 Å². The van der Waals surface area contributed by atoms with E-state index in [9.17, 15) is 0 Å². The molecule has 0 aromatic carbocycles. The maximum Gasteiger partial charge on any atom is 0.0685 e. The zero-order chi connectivity index (χ0) is 13.6. The minimum Gasteiger partial charge on any atom is -0.375 e. The molecule has 112 valence electrons. The standard InChI is InChI=1S/C17H33NO/c1-15(2)14-18-11-6-7-16-8-12-19-17(13-16)9-4-3-5-10-17/h15-16,18H,3-14H2,1-2H3. The van der Waals surface area contributed by atoms with Gasteiger partial charge in [-0.05, 0) is 63.5 Å². The Balaban J connectivity index is 1.64. The molecule has 1 aliphatic carbocycles.